The van der Waals surface area contributed by atoms with Crippen molar-refractivity contribution in [3.8, 4) is 0 Å². The number of halogens is 1. The molecule has 0 saturated heterocycles. The highest BCUT2D eigenvalue weighted by Gasteiger charge is 2.39. The highest BCUT2D eigenvalue weighted by Crippen LogP contribution is 2.33. The molecule has 0 amide bonds. The molecule has 1 aliphatic carbocycles. The van der Waals surface area contributed by atoms with Crippen LogP contribution in [0.3, 0.4) is 0 Å². The third-order valence-corrected chi connectivity index (χ3v) is 5.32. The molecular formula is C17H29ClN4O4S. The van der Waals surface area contributed by atoms with E-state index in [9.17, 15) is 5.11 Å². The number of aromatic nitrogens is 2. The second-order valence-corrected chi connectivity index (χ2v) is 8.37. The number of nitrogen functional groups attached to an aromatic ring is 1. The third kappa shape index (κ3) is 6.92. The van der Waals surface area contributed by atoms with Gasteiger partial charge in [0.2, 0.25) is 0 Å². The van der Waals surface area contributed by atoms with Gasteiger partial charge in [0.25, 0.3) is 0 Å². The number of hydrogen-bond donors (Lipinski definition) is 4. The minimum absolute atomic E-state index is 0.0436. The Hall–Kier alpha value is -0.840. The molecule has 0 aliphatic heterocycles. The van der Waals surface area contributed by atoms with Gasteiger partial charge in [-0.2, -0.15) is 0 Å². The van der Waals surface area contributed by atoms with Crippen molar-refractivity contribution in [1.82, 2.24) is 9.97 Å². The largest absolute Gasteiger partial charge is 0.394 e. The summed E-state index contributed by atoms with van der Waals surface area (Å²) in [5.41, 5.74) is 6.34. The molecule has 8 nitrogen and oxygen atoms in total. The first-order chi connectivity index (χ1) is 12.7. The highest BCUT2D eigenvalue weighted by atomic mass is 35.5. The number of thioether (sulfide) groups is 1. The van der Waals surface area contributed by atoms with Gasteiger partial charge in [-0.15, -0.1) is 0 Å². The fourth-order valence-corrected chi connectivity index (χ4v) is 3.85. The summed E-state index contributed by atoms with van der Waals surface area (Å²) in [6.45, 7) is 5.46. The fraction of sp³-hybridized carbons (Fsp3) is 0.765. The monoisotopic (exact) mass is 420 g/mol. The second-order valence-electron chi connectivity index (χ2n) is 6.95. The molecule has 0 aromatic carbocycles. The average Bonchev–Trinajstić information content (AvgIpc) is 2.95. The molecule has 3 atom stereocenters. The van der Waals surface area contributed by atoms with Gasteiger partial charge < -0.3 is 30.7 Å². The molecular weight excluding hydrogens is 392 g/mol. The van der Waals surface area contributed by atoms with Crippen LogP contribution < -0.4 is 11.1 Å². The molecule has 2 rings (SSSR count). The van der Waals surface area contributed by atoms with E-state index in [0.717, 1.165) is 12.2 Å². The summed E-state index contributed by atoms with van der Waals surface area (Å²) < 4.78 is 11.4. The van der Waals surface area contributed by atoms with Gasteiger partial charge in [-0.1, -0.05) is 30.3 Å². The van der Waals surface area contributed by atoms with Crippen LogP contribution in [0, 0.1) is 0 Å². The van der Waals surface area contributed by atoms with Crippen molar-refractivity contribution < 1.29 is 19.7 Å². The van der Waals surface area contributed by atoms with E-state index in [-0.39, 0.29) is 42.3 Å². The lowest BCUT2D eigenvalue weighted by Gasteiger charge is -2.28. The first-order valence-electron chi connectivity index (χ1n) is 9.08. The zero-order chi connectivity index (χ0) is 20.0. The Kier molecular flexibility index (Phi) is 8.39. The SMILES string of the molecule is CCCSc1nc(Cl)c(N)c(N[C@@H]2C[C@H](OCCO)C[C@H]2OC(C)(C)O)n1. The van der Waals surface area contributed by atoms with Gasteiger partial charge >= 0.3 is 0 Å². The summed E-state index contributed by atoms with van der Waals surface area (Å²) in [5.74, 6) is 0.0451. The maximum absolute atomic E-state index is 10.1. The molecule has 1 aromatic rings. The maximum Gasteiger partial charge on any atom is 0.191 e. The lowest BCUT2D eigenvalue weighted by molar-refractivity contribution is -0.206. The van der Waals surface area contributed by atoms with E-state index in [1.807, 2.05) is 0 Å². The molecule has 154 valence electrons. The van der Waals surface area contributed by atoms with Gasteiger partial charge in [0, 0.05) is 12.2 Å². The van der Waals surface area contributed by atoms with Crippen molar-refractivity contribution in [1.29, 1.82) is 0 Å². The summed E-state index contributed by atoms with van der Waals surface area (Å²) in [4.78, 5) is 8.69. The molecule has 1 fully saturated rings. The van der Waals surface area contributed by atoms with Crippen molar-refractivity contribution in [2.75, 3.05) is 30.0 Å². The molecule has 27 heavy (non-hydrogen) atoms. The van der Waals surface area contributed by atoms with Crippen LogP contribution in [0.15, 0.2) is 5.16 Å². The second kappa shape index (κ2) is 10.1. The minimum Gasteiger partial charge on any atom is -0.394 e. The lowest BCUT2D eigenvalue weighted by atomic mass is 10.2. The molecule has 0 radical (unpaired) electrons. The van der Waals surface area contributed by atoms with Gasteiger partial charge in [0.15, 0.2) is 21.9 Å². The standard InChI is InChI=1S/C17H29ClN4O4S/c1-4-7-27-16-21-14(18)13(19)15(22-16)20-11-8-10(25-6-5-23)9-12(11)26-17(2,3)24/h10-12,23-24H,4-9,19H2,1-3H3,(H,20,21,22)/t10-,11+,12+/m0/s1. The van der Waals surface area contributed by atoms with E-state index in [4.69, 9.17) is 31.9 Å². The van der Waals surface area contributed by atoms with Crippen molar-refractivity contribution in [2.24, 2.45) is 0 Å². The zero-order valence-corrected chi connectivity index (χ0v) is 17.5. The van der Waals surface area contributed by atoms with Gasteiger partial charge in [-0.25, -0.2) is 9.97 Å². The van der Waals surface area contributed by atoms with E-state index in [0.29, 0.717) is 23.8 Å². The Morgan fingerprint density at radius 1 is 1.37 bits per heavy atom. The van der Waals surface area contributed by atoms with Crippen LogP contribution >= 0.6 is 23.4 Å². The smallest absolute Gasteiger partial charge is 0.191 e. The van der Waals surface area contributed by atoms with Gasteiger partial charge in [0.1, 0.15) is 5.69 Å². The summed E-state index contributed by atoms with van der Waals surface area (Å²) in [5, 5.41) is 23.1. The van der Waals surface area contributed by atoms with Crippen LogP contribution in [0.2, 0.25) is 5.15 Å². The molecule has 10 heteroatoms. The molecule has 5 N–H and O–H groups in total. The number of aliphatic hydroxyl groups is 2. The van der Waals surface area contributed by atoms with Gasteiger partial charge in [0.05, 0.1) is 31.5 Å². The Morgan fingerprint density at radius 2 is 2.11 bits per heavy atom. The van der Waals surface area contributed by atoms with E-state index in [1.54, 1.807) is 13.8 Å². The van der Waals surface area contributed by atoms with Crippen LogP contribution in [-0.2, 0) is 9.47 Å². The molecule has 0 unspecified atom stereocenters. The molecule has 1 heterocycles. The number of rotatable bonds is 10. The van der Waals surface area contributed by atoms with Crippen molar-refractivity contribution in [2.45, 2.75) is 69.2 Å². The number of anilines is 2. The van der Waals surface area contributed by atoms with Gasteiger partial charge in [-0.3, -0.25) is 0 Å². The van der Waals surface area contributed by atoms with Crippen LogP contribution in [0.5, 0.6) is 0 Å². The molecule has 1 aliphatic rings. The summed E-state index contributed by atoms with van der Waals surface area (Å²) in [6, 6.07) is -0.183. The summed E-state index contributed by atoms with van der Waals surface area (Å²) >= 11 is 7.68. The molecule has 1 aromatic heterocycles. The van der Waals surface area contributed by atoms with E-state index >= 15 is 0 Å². The molecule has 0 spiro atoms. The fourth-order valence-electron chi connectivity index (χ4n) is 2.93. The molecule has 0 bridgehead atoms. The van der Waals surface area contributed by atoms with Crippen LogP contribution in [-0.4, -0.2) is 63.2 Å². The number of nitrogens with zero attached hydrogens (tertiary/aromatic N) is 2. The van der Waals surface area contributed by atoms with Crippen molar-refractivity contribution in [3.05, 3.63) is 5.15 Å². The predicted octanol–water partition coefficient (Wildman–Crippen LogP) is 2.28. The highest BCUT2D eigenvalue weighted by molar-refractivity contribution is 7.99. The zero-order valence-electron chi connectivity index (χ0n) is 15.9. The van der Waals surface area contributed by atoms with Crippen molar-refractivity contribution >= 4 is 34.9 Å². The molecule has 1 saturated carbocycles. The van der Waals surface area contributed by atoms with E-state index in [2.05, 4.69) is 22.2 Å². The number of nitrogens with one attached hydrogen (secondary N) is 1. The number of ether oxygens (including phenoxy) is 2. The first kappa shape index (κ1) is 22.4. The Morgan fingerprint density at radius 3 is 2.74 bits per heavy atom. The Balaban J connectivity index is 2.17. The van der Waals surface area contributed by atoms with E-state index in [1.165, 1.54) is 11.8 Å². The van der Waals surface area contributed by atoms with Crippen LogP contribution in [0.4, 0.5) is 11.5 Å². The summed E-state index contributed by atoms with van der Waals surface area (Å²) in [6.07, 6.45) is 1.78. The lowest BCUT2D eigenvalue weighted by Crippen LogP contribution is -2.38. The number of hydrogen-bond acceptors (Lipinski definition) is 9. The Bertz CT molecular complexity index is 617. The number of nitrogens with two attached hydrogens (primary N) is 1. The normalized spacial score (nSPS) is 23.0. The summed E-state index contributed by atoms with van der Waals surface area (Å²) in [7, 11) is 0. The maximum atomic E-state index is 10.1. The Labute approximate surface area is 169 Å². The number of aliphatic hydroxyl groups excluding tert-OH is 1. The van der Waals surface area contributed by atoms with Crippen LogP contribution in [0.1, 0.15) is 40.0 Å². The topological polar surface area (TPSA) is 123 Å². The quantitative estimate of drug-likeness (QED) is 0.195. The van der Waals surface area contributed by atoms with E-state index < -0.39 is 5.79 Å². The third-order valence-electron chi connectivity index (χ3n) is 3.98. The first-order valence-corrected chi connectivity index (χ1v) is 10.4. The minimum atomic E-state index is -1.28. The van der Waals surface area contributed by atoms with Crippen LogP contribution in [0.25, 0.3) is 0 Å². The van der Waals surface area contributed by atoms with Crippen molar-refractivity contribution in [3.63, 3.8) is 0 Å². The van der Waals surface area contributed by atoms with Gasteiger partial charge in [-0.05, 0) is 26.7 Å². The average molecular weight is 421 g/mol. The predicted molar refractivity (Wildman–Crippen MR) is 107 cm³/mol.